The summed E-state index contributed by atoms with van der Waals surface area (Å²) in [4.78, 5) is 36.0. The van der Waals surface area contributed by atoms with Crippen molar-refractivity contribution in [1.29, 1.82) is 0 Å². The Morgan fingerprint density at radius 1 is 1.23 bits per heavy atom. The van der Waals surface area contributed by atoms with Crippen molar-refractivity contribution in [2.45, 2.75) is 13.0 Å². The lowest BCUT2D eigenvalue weighted by atomic mass is 10.2. The fraction of sp³-hybridized carbons (Fsp3) is 0.389. The molecule has 0 unspecified atom stereocenters. The fourth-order valence-corrected chi connectivity index (χ4v) is 4.96. The molecule has 3 aromatic rings. The molecular formula is C18H20N4O2S2. The Kier molecular flexibility index (Phi) is 4.88. The molecule has 1 aliphatic heterocycles. The number of aromatic nitrogens is 2. The number of carbonyl (C=O) groups excluding carboxylic acids is 1. The van der Waals surface area contributed by atoms with Gasteiger partial charge in [0, 0.05) is 35.5 Å². The molecule has 0 saturated carbocycles. The van der Waals surface area contributed by atoms with Gasteiger partial charge in [-0.1, -0.05) is 6.07 Å². The molecule has 0 radical (unpaired) electrons. The number of carbonyl (C=O) groups is 1. The lowest BCUT2D eigenvalue weighted by Crippen LogP contribution is -2.38. The molecule has 1 fully saturated rings. The summed E-state index contributed by atoms with van der Waals surface area (Å²) in [7, 11) is 2.07. The highest BCUT2D eigenvalue weighted by Crippen LogP contribution is 2.33. The molecule has 1 amide bonds. The van der Waals surface area contributed by atoms with Crippen LogP contribution in [0.25, 0.3) is 20.7 Å². The van der Waals surface area contributed by atoms with Crippen LogP contribution in [0.3, 0.4) is 0 Å². The molecule has 6 nitrogen and oxygen atoms in total. The molecule has 0 atom stereocenters. The van der Waals surface area contributed by atoms with E-state index in [1.54, 1.807) is 11.3 Å². The van der Waals surface area contributed by atoms with Gasteiger partial charge in [0.05, 0.1) is 11.7 Å². The predicted octanol–water partition coefficient (Wildman–Crippen LogP) is 2.35. The van der Waals surface area contributed by atoms with Gasteiger partial charge in [-0.15, -0.1) is 22.7 Å². The molecular weight excluding hydrogens is 368 g/mol. The normalized spacial score (nSPS) is 16.1. The average Bonchev–Trinajstić information content (AvgIpc) is 3.24. The van der Waals surface area contributed by atoms with Crippen LogP contribution < -0.4 is 5.56 Å². The Bertz CT molecular complexity index is 977. The first kappa shape index (κ1) is 17.4. The molecule has 8 heteroatoms. The predicted molar refractivity (Wildman–Crippen MR) is 106 cm³/mol. The first-order chi connectivity index (χ1) is 12.6. The molecule has 1 aliphatic rings. The van der Waals surface area contributed by atoms with Gasteiger partial charge in [0.1, 0.15) is 11.4 Å². The summed E-state index contributed by atoms with van der Waals surface area (Å²) in [5.74, 6) is -0.0172. The van der Waals surface area contributed by atoms with Gasteiger partial charge < -0.3 is 9.80 Å². The quantitative estimate of drug-likeness (QED) is 0.691. The topological polar surface area (TPSA) is 58.4 Å². The molecule has 4 heterocycles. The molecule has 0 spiro atoms. The van der Waals surface area contributed by atoms with Crippen LogP contribution in [0.4, 0.5) is 0 Å². The van der Waals surface area contributed by atoms with Crippen LogP contribution in [0.2, 0.25) is 0 Å². The fourth-order valence-electron chi connectivity index (χ4n) is 3.23. The highest BCUT2D eigenvalue weighted by molar-refractivity contribution is 7.18. The molecule has 4 rings (SSSR count). The zero-order chi connectivity index (χ0) is 18.1. The number of amides is 1. The van der Waals surface area contributed by atoms with Crippen LogP contribution in [-0.4, -0.2) is 58.5 Å². The van der Waals surface area contributed by atoms with E-state index < -0.39 is 0 Å². The summed E-state index contributed by atoms with van der Waals surface area (Å²) >= 11 is 3.07. The number of rotatable bonds is 3. The largest absolute Gasteiger partial charge is 0.340 e. The number of likely N-dealkylation sites (N-methyl/N-ethyl adjacent to an activating group) is 1. The summed E-state index contributed by atoms with van der Waals surface area (Å²) in [6.07, 6.45) is 2.46. The third-order valence-corrected chi connectivity index (χ3v) is 6.51. The van der Waals surface area contributed by atoms with Crippen molar-refractivity contribution in [1.82, 2.24) is 19.4 Å². The molecule has 3 aromatic heterocycles. The van der Waals surface area contributed by atoms with E-state index in [4.69, 9.17) is 0 Å². The standard InChI is InChI=1S/C18H20N4O2S2/c1-20-5-3-6-21(8-7-20)15(23)10-22-12-19-17-16(18(22)24)13(11-26-17)14-4-2-9-25-14/h2,4,9,11-12H,3,5-8,10H2,1H3. The molecule has 0 aliphatic carbocycles. The minimum Gasteiger partial charge on any atom is -0.340 e. The van der Waals surface area contributed by atoms with Crippen LogP contribution in [0.5, 0.6) is 0 Å². The van der Waals surface area contributed by atoms with Crippen LogP contribution in [0.15, 0.2) is 34.0 Å². The summed E-state index contributed by atoms with van der Waals surface area (Å²) in [6, 6.07) is 3.97. The first-order valence-electron chi connectivity index (χ1n) is 8.60. The van der Waals surface area contributed by atoms with Gasteiger partial charge in [-0.25, -0.2) is 4.98 Å². The van der Waals surface area contributed by atoms with Crippen molar-refractivity contribution in [2.75, 3.05) is 33.2 Å². The minimum absolute atomic E-state index is 0.0172. The molecule has 26 heavy (non-hydrogen) atoms. The lowest BCUT2D eigenvalue weighted by Gasteiger charge is -2.20. The monoisotopic (exact) mass is 388 g/mol. The number of fused-ring (bicyclic) bond motifs is 1. The second kappa shape index (κ2) is 7.30. The van der Waals surface area contributed by atoms with Crippen molar-refractivity contribution < 1.29 is 4.79 Å². The second-order valence-electron chi connectivity index (χ2n) is 6.52. The summed E-state index contributed by atoms with van der Waals surface area (Å²) in [5.41, 5.74) is 0.774. The van der Waals surface area contributed by atoms with Crippen molar-refractivity contribution in [3.05, 3.63) is 39.6 Å². The summed E-state index contributed by atoms with van der Waals surface area (Å²) < 4.78 is 1.45. The summed E-state index contributed by atoms with van der Waals surface area (Å²) in [5, 5.41) is 4.58. The van der Waals surface area contributed by atoms with E-state index in [0.29, 0.717) is 11.9 Å². The van der Waals surface area contributed by atoms with Gasteiger partial charge in [0.25, 0.3) is 5.56 Å². The SMILES string of the molecule is CN1CCCN(C(=O)Cn2cnc3scc(-c4cccs4)c3c2=O)CC1. The lowest BCUT2D eigenvalue weighted by molar-refractivity contribution is -0.131. The highest BCUT2D eigenvalue weighted by Gasteiger charge is 2.20. The number of nitrogens with zero attached hydrogens (tertiary/aromatic N) is 4. The third kappa shape index (κ3) is 3.32. The smallest absolute Gasteiger partial charge is 0.263 e. The number of thiophene rings is 2. The maximum absolute atomic E-state index is 13.0. The Morgan fingerprint density at radius 2 is 2.12 bits per heavy atom. The van der Waals surface area contributed by atoms with Gasteiger partial charge in [0.2, 0.25) is 5.91 Å². The Labute approximate surface area is 159 Å². The van der Waals surface area contributed by atoms with Crippen LogP contribution in [0.1, 0.15) is 6.42 Å². The van der Waals surface area contributed by atoms with Gasteiger partial charge in [0.15, 0.2) is 0 Å². The summed E-state index contributed by atoms with van der Waals surface area (Å²) in [6.45, 7) is 3.36. The third-order valence-electron chi connectivity index (χ3n) is 4.73. The Morgan fingerprint density at radius 3 is 2.92 bits per heavy atom. The maximum atomic E-state index is 13.0. The van der Waals surface area contributed by atoms with Crippen molar-refractivity contribution >= 4 is 38.8 Å². The Balaban J connectivity index is 1.63. The average molecular weight is 389 g/mol. The molecule has 0 aromatic carbocycles. The van der Waals surface area contributed by atoms with Gasteiger partial charge in [-0.3, -0.25) is 14.2 Å². The van der Waals surface area contributed by atoms with Crippen LogP contribution >= 0.6 is 22.7 Å². The zero-order valence-electron chi connectivity index (χ0n) is 14.6. The van der Waals surface area contributed by atoms with E-state index in [-0.39, 0.29) is 18.0 Å². The molecule has 0 N–H and O–H groups in total. The maximum Gasteiger partial charge on any atom is 0.263 e. The molecule has 136 valence electrons. The van der Waals surface area contributed by atoms with E-state index in [1.807, 2.05) is 27.8 Å². The first-order valence-corrected chi connectivity index (χ1v) is 10.4. The van der Waals surface area contributed by atoms with Crippen LogP contribution in [-0.2, 0) is 11.3 Å². The second-order valence-corrected chi connectivity index (χ2v) is 8.33. The van der Waals surface area contributed by atoms with E-state index >= 15 is 0 Å². The van der Waals surface area contributed by atoms with Gasteiger partial charge in [-0.2, -0.15) is 0 Å². The Hall–Kier alpha value is -2.03. The van der Waals surface area contributed by atoms with Crippen molar-refractivity contribution in [2.24, 2.45) is 0 Å². The van der Waals surface area contributed by atoms with E-state index in [9.17, 15) is 9.59 Å². The van der Waals surface area contributed by atoms with Crippen LogP contribution in [0, 0.1) is 0 Å². The minimum atomic E-state index is -0.139. The molecule has 0 bridgehead atoms. The zero-order valence-corrected chi connectivity index (χ0v) is 16.2. The number of hydrogen-bond acceptors (Lipinski definition) is 6. The van der Waals surface area contributed by atoms with E-state index in [1.165, 1.54) is 22.2 Å². The highest BCUT2D eigenvalue weighted by atomic mass is 32.1. The van der Waals surface area contributed by atoms with Crippen molar-refractivity contribution in [3.8, 4) is 10.4 Å². The van der Waals surface area contributed by atoms with E-state index in [0.717, 1.165) is 41.3 Å². The number of hydrogen-bond donors (Lipinski definition) is 0. The van der Waals surface area contributed by atoms with Gasteiger partial charge >= 0.3 is 0 Å². The van der Waals surface area contributed by atoms with E-state index in [2.05, 4.69) is 16.9 Å². The van der Waals surface area contributed by atoms with Crippen molar-refractivity contribution in [3.63, 3.8) is 0 Å². The van der Waals surface area contributed by atoms with Gasteiger partial charge in [-0.05, 0) is 31.5 Å². The molecule has 1 saturated heterocycles.